The molecular formula is C34H36N6O3. The molecule has 1 aliphatic rings. The minimum absolute atomic E-state index is 0.141. The number of aromatic nitrogens is 1. The molecule has 9 heteroatoms. The third kappa shape index (κ3) is 6.37. The molecule has 1 aromatic heterocycles. The van der Waals surface area contributed by atoms with Gasteiger partial charge in [0.15, 0.2) is 0 Å². The number of para-hydroxylation sites is 1. The average molecular weight is 577 g/mol. The molecule has 5 N–H and O–H groups in total. The van der Waals surface area contributed by atoms with Crippen LogP contribution in [0.1, 0.15) is 48.8 Å². The zero-order chi connectivity index (χ0) is 30.7. The predicted molar refractivity (Wildman–Crippen MR) is 173 cm³/mol. The number of amides is 3. The van der Waals surface area contributed by atoms with Gasteiger partial charge in [0.2, 0.25) is 0 Å². The highest BCUT2D eigenvalue weighted by molar-refractivity contribution is 6.36. The van der Waals surface area contributed by atoms with Gasteiger partial charge in [-0.05, 0) is 82.4 Å². The minimum atomic E-state index is -0.228. The highest BCUT2D eigenvalue weighted by Gasteiger charge is 2.28. The normalized spacial score (nSPS) is 13.2. The van der Waals surface area contributed by atoms with Crippen molar-refractivity contribution in [3.8, 4) is 0 Å². The third-order valence-corrected chi connectivity index (χ3v) is 7.48. The van der Waals surface area contributed by atoms with Crippen molar-refractivity contribution in [2.24, 2.45) is 0 Å². The summed E-state index contributed by atoms with van der Waals surface area (Å²) in [6.07, 6.45) is 1.80. The van der Waals surface area contributed by atoms with E-state index in [-0.39, 0.29) is 17.7 Å². The monoisotopic (exact) mass is 576 g/mol. The van der Waals surface area contributed by atoms with Crippen LogP contribution in [0.25, 0.3) is 11.6 Å². The highest BCUT2D eigenvalue weighted by atomic mass is 16.2. The maximum Gasteiger partial charge on any atom is 0.256 e. The van der Waals surface area contributed by atoms with Crippen molar-refractivity contribution >= 4 is 52.1 Å². The summed E-state index contributed by atoms with van der Waals surface area (Å²) >= 11 is 0. The van der Waals surface area contributed by atoms with Gasteiger partial charge in [-0.2, -0.15) is 0 Å². The van der Waals surface area contributed by atoms with Crippen LogP contribution >= 0.6 is 0 Å². The smallest absolute Gasteiger partial charge is 0.256 e. The van der Waals surface area contributed by atoms with Crippen LogP contribution in [0.3, 0.4) is 0 Å². The molecule has 0 saturated heterocycles. The lowest BCUT2D eigenvalue weighted by Gasteiger charge is -2.15. The first-order valence-corrected chi connectivity index (χ1v) is 14.1. The van der Waals surface area contributed by atoms with Crippen LogP contribution in [-0.4, -0.2) is 54.8 Å². The van der Waals surface area contributed by atoms with Gasteiger partial charge >= 0.3 is 0 Å². The zero-order valence-electron chi connectivity index (χ0n) is 25.0. The van der Waals surface area contributed by atoms with Gasteiger partial charge in [0.25, 0.3) is 17.7 Å². The van der Waals surface area contributed by atoms with Crippen molar-refractivity contribution in [3.05, 3.63) is 106 Å². The standard InChI is InChI=1S/C34H36N6O3/c1-20-14-15-24(37-32(41)23-10-7-6-8-11-23)18-28(20)38-27-13-9-12-25-26(33(42)39-31(25)27)19-29-21(2)30(22(3)36-29)34(43)35-16-17-40(4)5/h6-15,18-19,36,38H,16-17H2,1-5H3,(H,35,43)(H,37,41)(H,39,42)/b26-19-. The predicted octanol–water partition coefficient (Wildman–Crippen LogP) is 5.72. The number of nitrogens with zero attached hydrogens (tertiary/aromatic N) is 1. The number of aromatic amines is 1. The molecule has 0 aliphatic carbocycles. The number of likely N-dealkylation sites (N-methyl/N-ethyl adjacent to an activating group) is 1. The molecule has 4 aromatic rings. The van der Waals surface area contributed by atoms with Gasteiger partial charge in [-0.3, -0.25) is 14.4 Å². The zero-order valence-corrected chi connectivity index (χ0v) is 25.0. The number of nitrogens with one attached hydrogen (secondary N) is 5. The quantitative estimate of drug-likeness (QED) is 0.163. The Hall–Kier alpha value is -5.15. The van der Waals surface area contributed by atoms with E-state index in [1.165, 1.54) is 0 Å². The Bertz CT molecular complexity index is 1740. The Morgan fingerprint density at radius 3 is 2.42 bits per heavy atom. The maximum atomic E-state index is 13.2. The molecule has 43 heavy (non-hydrogen) atoms. The first-order chi connectivity index (χ1) is 20.6. The van der Waals surface area contributed by atoms with Crippen molar-refractivity contribution in [1.82, 2.24) is 15.2 Å². The fourth-order valence-electron chi connectivity index (χ4n) is 5.12. The topological polar surface area (TPSA) is 118 Å². The maximum absolute atomic E-state index is 13.2. The Morgan fingerprint density at radius 1 is 0.907 bits per heavy atom. The molecule has 3 aromatic carbocycles. The lowest BCUT2D eigenvalue weighted by Crippen LogP contribution is -2.31. The molecule has 220 valence electrons. The van der Waals surface area contributed by atoms with E-state index in [2.05, 4.69) is 26.3 Å². The van der Waals surface area contributed by atoms with E-state index in [1.807, 2.05) is 94.4 Å². The van der Waals surface area contributed by atoms with Gasteiger partial charge in [0, 0.05) is 47.0 Å². The van der Waals surface area contributed by atoms with Crippen LogP contribution in [0.5, 0.6) is 0 Å². The summed E-state index contributed by atoms with van der Waals surface area (Å²) in [6.45, 7) is 7.00. The van der Waals surface area contributed by atoms with Crippen molar-refractivity contribution in [1.29, 1.82) is 0 Å². The molecule has 0 bridgehead atoms. The Labute approximate surface area is 251 Å². The summed E-state index contributed by atoms with van der Waals surface area (Å²) in [4.78, 5) is 44.1. The molecule has 0 spiro atoms. The molecule has 1 aliphatic heterocycles. The number of hydrogen-bond donors (Lipinski definition) is 5. The molecule has 0 saturated carbocycles. The molecule has 0 radical (unpaired) electrons. The van der Waals surface area contributed by atoms with E-state index < -0.39 is 0 Å². The fraction of sp³-hybridized carbons (Fsp3) is 0.206. The second-order valence-corrected chi connectivity index (χ2v) is 10.9. The second kappa shape index (κ2) is 12.4. The van der Waals surface area contributed by atoms with Crippen LogP contribution in [-0.2, 0) is 4.79 Å². The number of fused-ring (bicyclic) bond motifs is 1. The van der Waals surface area contributed by atoms with Crippen LogP contribution in [0, 0.1) is 20.8 Å². The molecule has 9 nitrogen and oxygen atoms in total. The number of anilines is 4. The molecule has 3 amide bonds. The Balaban J connectivity index is 1.39. The number of benzene rings is 3. The van der Waals surface area contributed by atoms with E-state index in [9.17, 15) is 14.4 Å². The van der Waals surface area contributed by atoms with Crippen LogP contribution in [0.4, 0.5) is 22.7 Å². The molecule has 2 heterocycles. The second-order valence-electron chi connectivity index (χ2n) is 10.9. The van der Waals surface area contributed by atoms with Gasteiger partial charge < -0.3 is 31.2 Å². The number of H-pyrrole nitrogens is 1. The first-order valence-electron chi connectivity index (χ1n) is 14.1. The lowest BCUT2D eigenvalue weighted by atomic mass is 10.0. The largest absolute Gasteiger partial charge is 0.358 e. The van der Waals surface area contributed by atoms with Gasteiger partial charge in [0.05, 0.1) is 22.5 Å². The van der Waals surface area contributed by atoms with Crippen molar-refractivity contribution < 1.29 is 14.4 Å². The number of carbonyl (C=O) groups is 3. The first kappa shape index (κ1) is 29.3. The minimum Gasteiger partial charge on any atom is -0.358 e. The summed E-state index contributed by atoms with van der Waals surface area (Å²) in [5.74, 6) is -0.561. The van der Waals surface area contributed by atoms with E-state index in [1.54, 1.807) is 18.2 Å². The van der Waals surface area contributed by atoms with Crippen molar-refractivity contribution in [2.75, 3.05) is 43.1 Å². The number of carbonyl (C=O) groups excluding carboxylic acids is 3. The Morgan fingerprint density at radius 2 is 1.67 bits per heavy atom. The van der Waals surface area contributed by atoms with Crippen molar-refractivity contribution in [2.45, 2.75) is 20.8 Å². The average Bonchev–Trinajstić information content (AvgIpc) is 3.45. The van der Waals surface area contributed by atoms with E-state index in [0.717, 1.165) is 40.3 Å². The van der Waals surface area contributed by atoms with Crippen LogP contribution in [0.15, 0.2) is 66.7 Å². The SMILES string of the molecule is Cc1ccc(NC(=O)c2ccccc2)cc1Nc1cccc2c1NC(=O)/C2=C\c1[nH]c(C)c(C(=O)NCCN(C)C)c1C. The van der Waals surface area contributed by atoms with Crippen molar-refractivity contribution in [3.63, 3.8) is 0 Å². The number of aryl methyl sites for hydroxylation is 2. The molecule has 0 unspecified atom stereocenters. The van der Waals surface area contributed by atoms with Gasteiger partial charge in [-0.1, -0.05) is 36.4 Å². The molecule has 0 atom stereocenters. The summed E-state index contributed by atoms with van der Waals surface area (Å²) in [7, 11) is 3.92. The summed E-state index contributed by atoms with van der Waals surface area (Å²) in [5, 5.41) is 12.4. The van der Waals surface area contributed by atoms with Crippen LogP contribution < -0.4 is 21.3 Å². The Kier molecular flexibility index (Phi) is 8.45. The van der Waals surface area contributed by atoms with E-state index >= 15 is 0 Å². The highest BCUT2D eigenvalue weighted by Crippen LogP contribution is 2.40. The lowest BCUT2D eigenvalue weighted by molar-refractivity contribution is -0.110. The summed E-state index contributed by atoms with van der Waals surface area (Å²) in [6, 6.07) is 20.4. The van der Waals surface area contributed by atoms with Gasteiger partial charge in [0.1, 0.15) is 0 Å². The molecule has 5 rings (SSSR count). The summed E-state index contributed by atoms with van der Waals surface area (Å²) < 4.78 is 0. The molecular weight excluding hydrogens is 540 g/mol. The number of hydrogen-bond acceptors (Lipinski definition) is 5. The molecule has 0 fully saturated rings. The van der Waals surface area contributed by atoms with Gasteiger partial charge in [-0.25, -0.2) is 0 Å². The third-order valence-electron chi connectivity index (χ3n) is 7.48. The van der Waals surface area contributed by atoms with Gasteiger partial charge in [-0.15, -0.1) is 0 Å². The fourth-order valence-corrected chi connectivity index (χ4v) is 5.12. The number of rotatable bonds is 9. The van der Waals surface area contributed by atoms with E-state index in [0.29, 0.717) is 40.3 Å². The van der Waals surface area contributed by atoms with E-state index in [4.69, 9.17) is 0 Å². The van der Waals surface area contributed by atoms with Crippen LogP contribution in [0.2, 0.25) is 0 Å². The summed E-state index contributed by atoms with van der Waals surface area (Å²) in [5.41, 5.74) is 8.48.